The summed E-state index contributed by atoms with van der Waals surface area (Å²) in [5.74, 6) is 0.0647. The van der Waals surface area contributed by atoms with Crippen molar-refractivity contribution >= 4 is 11.6 Å². The van der Waals surface area contributed by atoms with E-state index in [1.54, 1.807) is 24.2 Å². The number of nitrogens with two attached hydrogens (primary N) is 1. The Labute approximate surface area is 100 Å². The zero-order chi connectivity index (χ0) is 12.3. The first-order valence-corrected chi connectivity index (χ1v) is 5.77. The van der Waals surface area contributed by atoms with Crippen molar-refractivity contribution in [3.8, 4) is 0 Å². The molecule has 2 N–H and O–H groups in total. The number of hydrogen-bond donors (Lipinski definition) is 1. The standard InChI is InChI=1S/C11H18N4O2/c1-17-10-3-2-4-14(7-10)11(16)8-15-6-9(12)5-13-15/h5-6,10H,2-4,7-8,12H2,1H3. The molecule has 0 radical (unpaired) electrons. The quantitative estimate of drug-likeness (QED) is 0.810. The van der Waals surface area contributed by atoms with E-state index in [-0.39, 0.29) is 18.6 Å². The van der Waals surface area contributed by atoms with Gasteiger partial charge in [0.05, 0.1) is 18.0 Å². The monoisotopic (exact) mass is 238 g/mol. The zero-order valence-corrected chi connectivity index (χ0v) is 10.0. The van der Waals surface area contributed by atoms with Crippen molar-refractivity contribution in [2.75, 3.05) is 25.9 Å². The van der Waals surface area contributed by atoms with E-state index in [0.717, 1.165) is 19.4 Å². The molecule has 94 valence electrons. The summed E-state index contributed by atoms with van der Waals surface area (Å²) in [5.41, 5.74) is 6.12. The summed E-state index contributed by atoms with van der Waals surface area (Å²) < 4.78 is 6.85. The second-order valence-electron chi connectivity index (χ2n) is 4.31. The lowest BCUT2D eigenvalue weighted by atomic mass is 10.1. The van der Waals surface area contributed by atoms with E-state index in [1.807, 2.05) is 4.90 Å². The van der Waals surface area contributed by atoms with Crippen LogP contribution in [0.5, 0.6) is 0 Å². The molecule has 1 aromatic heterocycles. The first-order valence-electron chi connectivity index (χ1n) is 5.77. The van der Waals surface area contributed by atoms with Crippen LogP contribution < -0.4 is 5.73 Å². The molecule has 2 rings (SSSR count). The van der Waals surface area contributed by atoms with E-state index in [0.29, 0.717) is 12.2 Å². The molecule has 6 nitrogen and oxygen atoms in total. The second-order valence-corrected chi connectivity index (χ2v) is 4.31. The number of carbonyl (C=O) groups is 1. The number of rotatable bonds is 3. The first kappa shape index (κ1) is 11.9. The van der Waals surface area contributed by atoms with Crippen LogP contribution in [0.25, 0.3) is 0 Å². The van der Waals surface area contributed by atoms with Crippen molar-refractivity contribution < 1.29 is 9.53 Å². The lowest BCUT2D eigenvalue weighted by molar-refractivity contribution is -0.135. The highest BCUT2D eigenvalue weighted by Gasteiger charge is 2.23. The number of nitrogens with zero attached hydrogens (tertiary/aromatic N) is 3. The average molecular weight is 238 g/mol. The van der Waals surface area contributed by atoms with Crippen molar-refractivity contribution in [3.63, 3.8) is 0 Å². The second kappa shape index (κ2) is 5.18. The summed E-state index contributed by atoms with van der Waals surface area (Å²) in [5, 5.41) is 4.00. The summed E-state index contributed by atoms with van der Waals surface area (Å²) in [6.07, 6.45) is 5.38. The maximum absolute atomic E-state index is 12.0. The van der Waals surface area contributed by atoms with Crippen LogP contribution in [0.4, 0.5) is 5.69 Å². The van der Waals surface area contributed by atoms with Gasteiger partial charge in [0.25, 0.3) is 0 Å². The Kier molecular flexibility index (Phi) is 3.63. The van der Waals surface area contributed by atoms with Gasteiger partial charge in [-0.3, -0.25) is 9.48 Å². The molecule has 1 aliphatic heterocycles. The molecule has 0 bridgehead atoms. The van der Waals surface area contributed by atoms with Crippen molar-refractivity contribution in [2.24, 2.45) is 0 Å². The minimum Gasteiger partial charge on any atom is -0.396 e. The molecule has 1 unspecified atom stereocenters. The summed E-state index contributed by atoms with van der Waals surface area (Å²) in [7, 11) is 1.69. The number of ether oxygens (including phenoxy) is 1. The fourth-order valence-corrected chi connectivity index (χ4v) is 2.06. The van der Waals surface area contributed by atoms with Gasteiger partial charge in [-0.15, -0.1) is 0 Å². The maximum Gasteiger partial charge on any atom is 0.244 e. The Hall–Kier alpha value is -1.56. The Morgan fingerprint density at radius 3 is 3.18 bits per heavy atom. The highest BCUT2D eigenvalue weighted by Crippen LogP contribution is 2.13. The van der Waals surface area contributed by atoms with Gasteiger partial charge < -0.3 is 15.4 Å². The van der Waals surface area contributed by atoms with Gasteiger partial charge >= 0.3 is 0 Å². The van der Waals surface area contributed by atoms with Crippen LogP contribution in [-0.2, 0) is 16.1 Å². The first-order chi connectivity index (χ1) is 8.19. The lowest BCUT2D eigenvalue weighted by Gasteiger charge is -2.31. The average Bonchev–Trinajstić information content (AvgIpc) is 2.75. The van der Waals surface area contributed by atoms with E-state index >= 15 is 0 Å². The summed E-state index contributed by atoms with van der Waals surface area (Å²) in [6.45, 7) is 1.72. The van der Waals surface area contributed by atoms with Gasteiger partial charge in [-0.1, -0.05) is 0 Å². The van der Waals surface area contributed by atoms with Gasteiger partial charge in [0.2, 0.25) is 5.91 Å². The van der Waals surface area contributed by atoms with Gasteiger partial charge in [0, 0.05) is 26.4 Å². The number of hydrogen-bond acceptors (Lipinski definition) is 4. The van der Waals surface area contributed by atoms with Crippen LogP contribution in [0.2, 0.25) is 0 Å². The van der Waals surface area contributed by atoms with Crippen LogP contribution in [0, 0.1) is 0 Å². The third-order valence-electron chi connectivity index (χ3n) is 3.01. The van der Waals surface area contributed by atoms with Gasteiger partial charge in [0.1, 0.15) is 6.54 Å². The van der Waals surface area contributed by atoms with E-state index in [2.05, 4.69) is 5.10 Å². The van der Waals surface area contributed by atoms with Crippen LogP contribution >= 0.6 is 0 Å². The molecule has 1 aromatic rings. The van der Waals surface area contributed by atoms with Crippen LogP contribution in [0.1, 0.15) is 12.8 Å². The summed E-state index contributed by atoms with van der Waals surface area (Å²) in [4.78, 5) is 13.8. The Bertz CT molecular complexity index is 391. The molecular formula is C11H18N4O2. The number of anilines is 1. The minimum absolute atomic E-state index is 0.0647. The van der Waals surface area contributed by atoms with Crippen LogP contribution in [0.3, 0.4) is 0 Å². The topological polar surface area (TPSA) is 73.4 Å². The fourth-order valence-electron chi connectivity index (χ4n) is 2.06. The number of likely N-dealkylation sites (tertiary alicyclic amines) is 1. The van der Waals surface area contributed by atoms with Gasteiger partial charge in [-0.2, -0.15) is 5.10 Å². The van der Waals surface area contributed by atoms with E-state index in [9.17, 15) is 4.79 Å². The van der Waals surface area contributed by atoms with Crippen LogP contribution in [-0.4, -0.2) is 46.9 Å². The molecule has 0 aromatic carbocycles. The highest BCUT2D eigenvalue weighted by atomic mass is 16.5. The molecule has 0 spiro atoms. The van der Waals surface area contributed by atoms with Crippen molar-refractivity contribution in [2.45, 2.75) is 25.5 Å². The van der Waals surface area contributed by atoms with Crippen molar-refractivity contribution in [1.29, 1.82) is 0 Å². The van der Waals surface area contributed by atoms with Crippen LogP contribution in [0.15, 0.2) is 12.4 Å². The van der Waals surface area contributed by atoms with Crippen molar-refractivity contribution in [3.05, 3.63) is 12.4 Å². The number of piperidine rings is 1. The zero-order valence-electron chi connectivity index (χ0n) is 10.0. The van der Waals surface area contributed by atoms with E-state index in [1.165, 1.54) is 0 Å². The lowest BCUT2D eigenvalue weighted by Crippen LogP contribution is -2.44. The smallest absolute Gasteiger partial charge is 0.244 e. The predicted molar refractivity (Wildman–Crippen MR) is 63.3 cm³/mol. The van der Waals surface area contributed by atoms with E-state index in [4.69, 9.17) is 10.5 Å². The molecule has 2 heterocycles. The summed E-state index contributed by atoms with van der Waals surface area (Å²) >= 11 is 0. The third-order valence-corrected chi connectivity index (χ3v) is 3.01. The molecule has 1 amide bonds. The van der Waals surface area contributed by atoms with Gasteiger partial charge in [-0.05, 0) is 12.8 Å². The molecule has 1 aliphatic rings. The number of amides is 1. The predicted octanol–water partition coefficient (Wildman–Crippen LogP) is 0.103. The molecule has 1 atom stereocenters. The minimum atomic E-state index is 0.0647. The largest absolute Gasteiger partial charge is 0.396 e. The molecule has 1 fully saturated rings. The van der Waals surface area contributed by atoms with Gasteiger partial charge in [-0.25, -0.2) is 0 Å². The molecule has 6 heteroatoms. The van der Waals surface area contributed by atoms with E-state index < -0.39 is 0 Å². The Morgan fingerprint density at radius 2 is 2.53 bits per heavy atom. The molecular weight excluding hydrogens is 220 g/mol. The Balaban J connectivity index is 1.91. The summed E-state index contributed by atoms with van der Waals surface area (Å²) in [6, 6.07) is 0. The third kappa shape index (κ3) is 2.97. The fraction of sp³-hybridized carbons (Fsp3) is 0.636. The molecule has 0 aliphatic carbocycles. The molecule has 17 heavy (non-hydrogen) atoms. The number of nitrogen functional groups attached to an aromatic ring is 1. The molecule has 1 saturated heterocycles. The number of carbonyl (C=O) groups excluding carboxylic acids is 1. The molecule has 0 saturated carbocycles. The Morgan fingerprint density at radius 1 is 1.71 bits per heavy atom. The SMILES string of the molecule is COC1CCCN(C(=O)Cn2cc(N)cn2)C1. The number of aromatic nitrogens is 2. The van der Waals surface area contributed by atoms with Crippen molar-refractivity contribution in [1.82, 2.24) is 14.7 Å². The number of methoxy groups -OCH3 is 1. The normalized spacial score (nSPS) is 20.5. The highest BCUT2D eigenvalue weighted by molar-refractivity contribution is 5.76. The van der Waals surface area contributed by atoms with Gasteiger partial charge in [0.15, 0.2) is 0 Å². The maximum atomic E-state index is 12.0.